The quantitative estimate of drug-likeness (QED) is 0.637. The lowest BCUT2D eigenvalue weighted by Crippen LogP contribution is -2.23. The zero-order valence-electron chi connectivity index (χ0n) is 10.1. The zero-order valence-corrected chi connectivity index (χ0v) is 11.0. The first-order chi connectivity index (χ1) is 8.33. The topological polar surface area (TPSA) is 58.0 Å². The second-order valence-electron chi connectivity index (χ2n) is 4.37. The summed E-state index contributed by atoms with van der Waals surface area (Å²) in [6.07, 6.45) is 9.97. The Morgan fingerprint density at radius 1 is 1.41 bits per heavy atom. The van der Waals surface area contributed by atoms with Crippen molar-refractivity contribution in [1.82, 2.24) is 9.97 Å². The second kappa shape index (κ2) is 6.21. The highest BCUT2D eigenvalue weighted by Crippen LogP contribution is 2.23. The van der Waals surface area contributed by atoms with E-state index in [-0.39, 0.29) is 6.61 Å². The predicted molar refractivity (Wildman–Crippen MR) is 70.2 cm³/mol. The minimum atomic E-state index is -0.0102. The fourth-order valence-electron chi connectivity index (χ4n) is 2.17. The van der Waals surface area contributed by atoms with E-state index < -0.39 is 0 Å². The van der Waals surface area contributed by atoms with Crippen molar-refractivity contribution in [3.05, 3.63) is 11.8 Å². The number of hydrogen-bond acceptors (Lipinski definition) is 5. The lowest BCUT2D eigenvalue weighted by molar-refractivity contribution is 0.281. The molecule has 1 saturated carbocycles. The van der Waals surface area contributed by atoms with Gasteiger partial charge in [-0.15, -0.1) is 0 Å². The molecule has 0 amide bonds. The van der Waals surface area contributed by atoms with Gasteiger partial charge in [-0.05, 0) is 19.1 Å². The molecular weight excluding hydrogens is 234 g/mol. The number of aliphatic hydroxyl groups excluding tert-OH is 1. The Balaban J connectivity index is 2.11. The summed E-state index contributed by atoms with van der Waals surface area (Å²) in [5, 5.41) is 13.5. The van der Waals surface area contributed by atoms with Crippen LogP contribution in [0.15, 0.2) is 11.4 Å². The van der Waals surface area contributed by atoms with E-state index in [1.54, 1.807) is 6.20 Å². The Labute approximate surface area is 106 Å². The van der Waals surface area contributed by atoms with Crippen LogP contribution in [0.1, 0.15) is 37.7 Å². The zero-order chi connectivity index (χ0) is 12.1. The lowest BCUT2D eigenvalue weighted by atomic mass is 9.95. The Bertz CT molecular complexity index is 367. The van der Waals surface area contributed by atoms with Crippen LogP contribution < -0.4 is 5.32 Å². The summed E-state index contributed by atoms with van der Waals surface area (Å²) in [5.74, 6) is 0.804. The van der Waals surface area contributed by atoms with E-state index in [4.69, 9.17) is 0 Å². The molecule has 0 saturated heterocycles. The molecule has 4 nitrogen and oxygen atoms in total. The van der Waals surface area contributed by atoms with E-state index in [0.717, 1.165) is 16.5 Å². The molecule has 1 aliphatic rings. The van der Waals surface area contributed by atoms with E-state index in [0.29, 0.717) is 6.04 Å². The molecule has 0 spiro atoms. The number of rotatable bonds is 4. The van der Waals surface area contributed by atoms with Crippen LogP contribution in [0.4, 0.5) is 5.82 Å². The smallest absolute Gasteiger partial charge is 0.189 e. The van der Waals surface area contributed by atoms with Crippen molar-refractivity contribution < 1.29 is 5.11 Å². The first-order valence-corrected chi connectivity index (χ1v) is 7.33. The second-order valence-corrected chi connectivity index (χ2v) is 5.14. The lowest BCUT2D eigenvalue weighted by Gasteiger charge is -2.24. The van der Waals surface area contributed by atoms with Gasteiger partial charge in [0, 0.05) is 17.8 Å². The summed E-state index contributed by atoms with van der Waals surface area (Å²) in [5.41, 5.74) is 0.786. The highest BCUT2D eigenvalue weighted by molar-refractivity contribution is 7.98. The molecule has 0 atom stereocenters. The third-order valence-corrected chi connectivity index (χ3v) is 3.70. The average Bonchev–Trinajstić information content (AvgIpc) is 2.40. The molecule has 1 heterocycles. The molecule has 0 aromatic carbocycles. The van der Waals surface area contributed by atoms with Gasteiger partial charge < -0.3 is 10.4 Å². The third kappa shape index (κ3) is 3.33. The van der Waals surface area contributed by atoms with Gasteiger partial charge in [-0.3, -0.25) is 0 Å². The molecule has 2 N–H and O–H groups in total. The summed E-state index contributed by atoms with van der Waals surface area (Å²) in [4.78, 5) is 8.61. The van der Waals surface area contributed by atoms with Gasteiger partial charge in [0.2, 0.25) is 0 Å². The van der Waals surface area contributed by atoms with E-state index in [1.165, 1.54) is 43.9 Å². The Morgan fingerprint density at radius 3 is 2.82 bits per heavy atom. The fraction of sp³-hybridized carbons (Fsp3) is 0.667. The van der Waals surface area contributed by atoms with Crippen LogP contribution in [-0.4, -0.2) is 27.4 Å². The van der Waals surface area contributed by atoms with Crippen molar-refractivity contribution in [3.8, 4) is 0 Å². The molecule has 1 aromatic heterocycles. The Morgan fingerprint density at radius 2 is 2.18 bits per heavy atom. The van der Waals surface area contributed by atoms with E-state index in [2.05, 4.69) is 15.3 Å². The molecule has 2 rings (SSSR count). The number of nitrogens with zero attached hydrogens (tertiary/aromatic N) is 2. The van der Waals surface area contributed by atoms with Crippen LogP contribution in [0.25, 0.3) is 0 Å². The van der Waals surface area contributed by atoms with Gasteiger partial charge in [0.25, 0.3) is 0 Å². The predicted octanol–water partition coefficient (Wildman–Crippen LogP) is 2.44. The SMILES string of the molecule is CSc1ncc(CO)c(NC2CCCCC2)n1. The maximum absolute atomic E-state index is 9.28. The highest BCUT2D eigenvalue weighted by Gasteiger charge is 2.15. The van der Waals surface area contributed by atoms with Gasteiger partial charge in [0.1, 0.15) is 5.82 Å². The van der Waals surface area contributed by atoms with Crippen molar-refractivity contribution in [2.45, 2.75) is 49.9 Å². The van der Waals surface area contributed by atoms with Crippen molar-refractivity contribution in [1.29, 1.82) is 0 Å². The van der Waals surface area contributed by atoms with Gasteiger partial charge in [-0.25, -0.2) is 9.97 Å². The molecule has 17 heavy (non-hydrogen) atoms. The molecule has 5 heteroatoms. The van der Waals surface area contributed by atoms with Gasteiger partial charge >= 0.3 is 0 Å². The maximum atomic E-state index is 9.28. The van der Waals surface area contributed by atoms with Crippen LogP contribution in [0.3, 0.4) is 0 Å². The molecule has 1 aliphatic carbocycles. The normalized spacial score (nSPS) is 17.1. The Kier molecular flexibility index (Phi) is 4.62. The Hall–Kier alpha value is -0.810. The molecule has 1 aromatic rings. The van der Waals surface area contributed by atoms with Gasteiger partial charge in [-0.1, -0.05) is 31.0 Å². The van der Waals surface area contributed by atoms with Gasteiger partial charge in [0.15, 0.2) is 5.16 Å². The number of anilines is 1. The highest BCUT2D eigenvalue weighted by atomic mass is 32.2. The summed E-state index contributed by atoms with van der Waals surface area (Å²) in [6.45, 7) is -0.0102. The molecule has 0 unspecified atom stereocenters. The molecule has 94 valence electrons. The van der Waals surface area contributed by atoms with Crippen molar-refractivity contribution in [3.63, 3.8) is 0 Å². The summed E-state index contributed by atoms with van der Waals surface area (Å²) in [7, 11) is 0. The largest absolute Gasteiger partial charge is 0.391 e. The standard InChI is InChI=1S/C12H19N3OS/c1-17-12-13-7-9(8-16)11(15-12)14-10-5-3-2-4-6-10/h7,10,16H,2-6,8H2,1H3,(H,13,14,15). The summed E-state index contributed by atoms with van der Waals surface area (Å²) in [6, 6.07) is 0.499. The molecule has 0 aliphatic heterocycles. The molecular formula is C12H19N3OS. The van der Waals surface area contributed by atoms with Crippen LogP contribution in [0.5, 0.6) is 0 Å². The van der Waals surface area contributed by atoms with E-state index in [9.17, 15) is 5.11 Å². The number of aromatic nitrogens is 2. The minimum absolute atomic E-state index is 0.0102. The molecule has 0 radical (unpaired) electrons. The van der Waals surface area contributed by atoms with E-state index >= 15 is 0 Å². The van der Waals surface area contributed by atoms with Crippen LogP contribution >= 0.6 is 11.8 Å². The number of thioether (sulfide) groups is 1. The van der Waals surface area contributed by atoms with Crippen molar-refractivity contribution in [2.24, 2.45) is 0 Å². The minimum Gasteiger partial charge on any atom is -0.391 e. The average molecular weight is 253 g/mol. The van der Waals surface area contributed by atoms with Gasteiger partial charge in [0.05, 0.1) is 6.61 Å². The number of hydrogen-bond donors (Lipinski definition) is 2. The number of nitrogens with one attached hydrogen (secondary N) is 1. The monoisotopic (exact) mass is 253 g/mol. The molecule has 1 fully saturated rings. The van der Waals surface area contributed by atoms with Crippen LogP contribution in [0.2, 0.25) is 0 Å². The number of aliphatic hydroxyl groups is 1. The summed E-state index contributed by atoms with van der Waals surface area (Å²) < 4.78 is 0. The molecule has 0 bridgehead atoms. The first-order valence-electron chi connectivity index (χ1n) is 6.11. The van der Waals surface area contributed by atoms with Gasteiger partial charge in [-0.2, -0.15) is 0 Å². The summed E-state index contributed by atoms with van der Waals surface area (Å²) >= 11 is 1.52. The first kappa shape index (κ1) is 12.6. The van der Waals surface area contributed by atoms with Crippen LogP contribution in [-0.2, 0) is 6.61 Å². The van der Waals surface area contributed by atoms with E-state index in [1.807, 2.05) is 6.26 Å². The van der Waals surface area contributed by atoms with Crippen LogP contribution in [0, 0.1) is 0 Å². The van der Waals surface area contributed by atoms with Crippen molar-refractivity contribution in [2.75, 3.05) is 11.6 Å². The third-order valence-electron chi connectivity index (χ3n) is 3.14. The van der Waals surface area contributed by atoms with Crippen molar-refractivity contribution >= 4 is 17.6 Å². The fourth-order valence-corrected chi connectivity index (χ4v) is 2.51. The maximum Gasteiger partial charge on any atom is 0.189 e.